The molecule has 2 rings (SSSR count). The average molecular weight is 336 g/mol. The Morgan fingerprint density at radius 2 is 2.35 bits per heavy atom. The first-order valence-corrected chi connectivity index (χ1v) is 8.25. The molecule has 2 aromatic heterocycles. The number of hydrogen-bond donors (Lipinski definition) is 2. The molecule has 3 N–H and O–H groups in total. The van der Waals surface area contributed by atoms with Crippen molar-refractivity contribution in [1.29, 1.82) is 0 Å². The lowest BCUT2D eigenvalue weighted by atomic mass is 10.3. The Kier molecular flexibility index (Phi) is 6.30. The van der Waals surface area contributed by atoms with Crippen molar-refractivity contribution in [2.45, 2.75) is 19.9 Å². The first-order chi connectivity index (χ1) is 11.1. The van der Waals surface area contributed by atoms with Crippen molar-refractivity contribution in [3.05, 3.63) is 33.9 Å². The summed E-state index contributed by atoms with van der Waals surface area (Å²) in [5.41, 5.74) is 5.94. The van der Waals surface area contributed by atoms with E-state index in [1.807, 2.05) is 24.4 Å². The minimum absolute atomic E-state index is 0.0764. The van der Waals surface area contributed by atoms with Gasteiger partial charge in [0.05, 0.1) is 4.88 Å². The number of carbonyl (C=O) groups excluding carboxylic acids is 1. The zero-order valence-electron chi connectivity index (χ0n) is 12.9. The molecule has 0 fully saturated rings. The smallest absolute Gasteiger partial charge is 0.290 e. The number of anilines is 1. The first-order valence-electron chi connectivity index (χ1n) is 7.37. The number of nitrogens with zero attached hydrogens (tertiary/aromatic N) is 2. The van der Waals surface area contributed by atoms with Crippen LogP contribution in [-0.2, 0) is 16.1 Å². The van der Waals surface area contributed by atoms with Gasteiger partial charge in [-0.1, -0.05) is 6.07 Å². The van der Waals surface area contributed by atoms with Crippen LogP contribution in [0.5, 0.6) is 0 Å². The van der Waals surface area contributed by atoms with E-state index >= 15 is 0 Å². The van der Waals surface area contributed by atoms with Crippen LogP contribution in [0.15, 0.2) is 28.4 Å². The average Bonchev–Trinajstić information content (AvgIpc) is 3.06. The first kappa shape index (κ1) is 17.2. The second-order valence-corrected chi connectivity index (χ2v) is 5.77. The monoisotopic (exact) mass is 336 g/mol. The number of hydrogen-bond acceptors (Lipinski definition) is 6. The normalized spacial score (nSPS) is 10.7. The molecule has 0 bridgehead atoms. The summed E-state index contributed by atoms with van der Waals surface area (Å²) in [6.45, 7) is 3.50. The molecule has 2 aromatic rings. The molecule has 0 radical (unpaired) electrons. The van der Waals surface area contributed by atoms with Crippen LogP contribution < -0.4 is 16.6 Å². The second kappa shape index (κ2) is 8.44. The number of aromatic nitrogens is 2. The van der Waals surface area contributed by atoms with Crippen LogP contribution in [0.25, 0.3) is 10.6 Å². The quantitative estimate of drug-likeness (QED) is 0.703. The Morgan fingerprint density at radius 1 is 1.52 bits per heavy atom. The molecule has 23 heavy (non-hydrogen) atoms. The van der Waals surface area contributed by atoms with Gasteiger partial charge in [0.25, 0.3) is 5.56 Å². The number of nitrogens with one attached hydrogen (secondary N) is 1. The molecule has 0 aliphatic rings. The van der Waals surface area contributed by atoms with Gasteiger partial charge < -0.3 is 15.8 Å². The number of nitrogen functional groups attached to an aromatic ring is 1. The van der Waals surface area contributed by atoms with Crippen molar-refractivity contribution in [3.63, 3.8) is 0 Å². The van der Waals surface area contributed by atoms with Crippen LogP contribution in [0.1, 0.15) is 13.3 Å². The van der Waals surface area contributed by atoms with Crippen molar-refractivity contribution >= 4 is 22.9 Å². The lowest BCUT2D eigenvalue weighted by Crippen LogP contribution is -2.35. The molecule has 0 spiro atoms. The lowest BCUT2D eigenvalue weighted by molar-refractivity contribution is -0.121. The highest BCUT2D eigenvalue weighted by atomic mass is 32.1. The number of ether oxygens (including phenoxy) is 1. The minimum atomic E-state index is -0.463. The van der Waals surface area contributed by atoms with Crippen LogP contribution >= 0.6 is 11.3 Å². The van der Waals surface area contributed by atoms with E-state index in [9.17, 15) is 9.59 Å². The maximum Gasteiger partial charge on any atom is 0.290 e. The highest BCUT2D eigenvalue weighted by Gasteiger charge is 2.11. The van der Waals surface area contributed by atoms with Crippen LogP contribution in [0.2, 0.25) is 0 Å². The largest absolute Gasteiger partial charge is 0.394 e. The van der Waals surface area contributed by atoms with E-state index in [0.717, 1.165) is 16.0 Å². The van der Waals surface area contributed by atoms with Crippen molar-refractivity contribution in [2.75, 3.05) is 25.5 Å². The van der Waals surface area contributed by atoms with E-state index in [1.54, 1.807) is 0 Å². The van der Waals surface area contributed by atoms with Crippen LogP contribution in [-0.4, -0.2) is 35.4 Å². The van der Waals surface area contributed by atoms with Crippen LogP contribution in [0.3, 0.4) is 0 Å². The third-order valence-electron chi connectivity index (χ3n) is 3.06. The van der Waals surface area contributed by atoms with E-state index in [4.69, 9.17) is 10.5 Å². The van der Waals surface area contributed by atoms with Gasteiger partial charge in [-0.05, 0) is 30.9 Å². The highest BCUT2D eigenvalue weighted by molar-refractivity contribution is 7.13. The summed E-state index contributed by atoms with van der Waals surface area (Å²) in [4.78, 5) is 24.8. The molecule has 0 unspecified atom stereocenters. The zero-order valence-corrected chi connectivity index (χ0v) is 13.8. The molecule has 0 saturated heterocycles. The molecule has 0 aliphatic carbocycles. The van der Waals surface area contributed by atoms with Crippen molar-refractivity contribution in [2.24, 2.45) is 0 Å². The summed E-state index contributed by atoms with van der Waals surface area (Å²) in [5, 5.41) is 8.87. The van der Waals surface area contributed by atoms with E-state index in [0.29, 0.717) is 25.5 Å². The molecule has 124 valence electrons. The Hall–Kier alpha value is -2.19. The van der Waals surface area contributed by atoms with Crippen LogP contribution in [0, 0.1) is 0 Å². The van der Waals surface area contributed by atoms with Gasteiger partial charge in [0.15, 0.2) is 0 Å². The summed E-state index contributed by atoms with van der Waals surface area (Å²) in [6, 6.07) is 5.30. The van der Waals surface area contributed by atoms with Crippen molar-refractivity contribution in [3.8, 4) is 10.6 Å². The molecule has 8 heteroatoms. The van der Waals surface area contributed by atoms with Crippen LogP contribution in [0.4, 0.5) is 5.69 Å². The summed E-state index contributed by atoms with van der Waals surface area (Å²) >= 11 is 1.49. The third-order valence-corrected chi connectivity index (χ3v) is 3.95. The second-order valence-electron chi connectivity index (χ2n) is 4.83. The fourth-order valence-electron chi connectivity index (χ4n) is 1.95. The number of thiophene rings is 1. The van der Waals surface area contributed by atoms with Gasteiger partial charge in [-0.3, -0.25) is 9.59 Å². The van der Waals surface area contributed by atoms with E-state index in [2.05, 4.69) is 10.4 Å². The predicted molar refractivity (Wildman–Crippen MR) is 90.3 cm³/mol. The maximum atomic E-state index is 12.0. The van der Waals surface area contributed by atoms with Gasteiger partial charge in [0.1, 0.15) is 17.9 Å². The molecule has 2 heterocycles. The summed E-state index contributed by atoms with van der Waals surface area (Å²) < 4.78 is 6.29. The topological polar surface area (TPSA) is 99.2 Å². The lowest BCUT2D eigenvalue weighted by Gasteiger charge is -2.09. The van der Waals surface area contributed by atoms with Gasteiger partial charge >= 0.3 is 0 Å². The van der Waals surface area contributed by atoms with E-state index < -0.39 is 5.56 Å². The fraction of sp³-hybridized carbons (Fsp3) is 0.400. The van der Waals surface area contributed by atoms with Gasteiger partial charge in [-0.25, -0.2) is 4.68 Å². The Balaban J connectivity index is 2.01. The molecule has 7 nitrogen and oxygen atoms in total. The predicted octanol–water partition coefficient (Wildman–Crippen LogP) is 1.10. The number of nitrogens with two attached hydrogens (primary N) is 1. The SMILES string of the molecule is CCOCCCNC(=O)Cn1nc(-c2cccs2)cc(N)c1=O. The molecule has 0 atom stereocenters. The van der Waals surface area contributed by atoms with Gasteiger partial charge in [0.2, 0.25) is 5.91 Å². The number of amides is 1. The standard InChI is InChI=1S/C15H20N4O3S/c1-2-22-7-4-6-17-14(20)10-19-15(21)11(16)9-12(18-19)13-5-3-8-23-13/h3,5,8-9H,2,4,6-7,10,16H2,1H3,(H,17,20). The summed E-state index contributed by atoms with van der Waals surface area (Å²) in [6.07, 6.45) is 0.722. The van der Waals surface area contributed by atoms with Gasteiger partial charge in [-0.2, -0.15) is 5.10 Å². The molecular weight excluding hydrogens is 316 g/mol. The highest BCUT2D eigenvalue weighted by Crippen LogP contribution is 2.22. The van der Waals surface area contributed by atoms with Crippen molar-refractivity contribution < 1.29 is 9.53 Å². The Labute approximate surface area is 138 Å². The molecule has 0 saturated carbocycles. The van der Waals surface area contributed by atoms with E-state index in [1.165, 1.54) is 17.4 Å². The Bertz CT molecular complexity index is 697. The summed E-state index contributed by atoms with van der Waals surface area (Å²) in [5.74, 6) is -0.279. The molecule has 1 amide bonds. The minimum Gasteiger partial charge on any atom is -0.394 e. The van der Waals surface area contributed by atoms with Gasteiger partial charge in [-0.15, -0.1) is 11.3 Å². The number of rotatable bonds is 8. The molecule has 0 aromatic carbocycles. The van der Waals surface area contributed by atoms with Crippen molar-refractivity contribution in [1.82, 2.24) is 15.1 Å². The molecule has 0 aliphatic heterocycles. The number of carbonyl (C=O) groups is 1. The Morgan fingerprint density at radius 3 is 3.04 bits per heavy atom. The van der Waals surface area contributed by atoms with E-state index in [-0.39, 0.29) is 18.1 Å². The van der Waals surface area contributed by atoms with Gasteiger partial charge in [0, 0.05) is 19.8 Å². The zero-order chi connectivity index (χ0) is 16.7. The summed E-state index contributed by atoms with van der Waals surface area (Å²) in [7, 11) is 0. The third kappa shape index (κ3) is 4.90. The maximum absolute atomic E-state index is 12.0. The fourth-order valence-corrected chi connectivity index (χ4v) is 2.63. The molecular formula is C15H20N4O3S.